The lowest BCUT2D eigenvalue weighted by Crippen LogP contribution is -2.45. The molecule has 1 saturated heterocycles. The van der Waals surface area contributed by atoms with E-state index in [0.29, 0.717) is 6.54 Å². The second-order valence-electron chi connectivity index (χ2n) is 6.43. The van der Waals surface area contributed by atoms with Crippen LogP contribution in [0.5, 0.6) is 11.5 Å². The molecule has 0 radical (unpaired) electrons. The first kappa shape index (κ1) is 21.5. The molecule has 1 atom stereocenters. The average molecular weight is 394 g/mol. The third-order valence-corrected chi connectivity index (χ3v) is 4.74. The number of amides is 1. The second kappa shape index (κ2) is 9.91. The lowest BCUT2D eigenvalue weighted by atomic mass is 10.00. The molecule has 0 unspecified atom stereocenters. The maximum absolute atomic E-state index is 12.5. The normalized spacial score (nSPS) is 16.4. The molecule has 0 bridgehead atoms. The number of ether oxygens (including phenoxy) is 3. The zero-order valence-corrected chi connectivity index (χ0v) is 16.4. The van der Waals surface area contributed by atoms with Crippen LogP contribution < -0.4 is 9.47 Å². The minimum Gasteiger partial charge on any atom is -0.493 e. The Morgan fingerprint density at radius 3 is 2.61 bits per heavy atom. The molecule has 1 fully saturated rings. The largest absolute Gasteiger partial charge is 0.493 e. The average Bonchev–Trinajstić information content (AvgIpc) is 2.71. The Bertz CT molecular complexity index is 735. The highest BCUT2D eigenvalue weighted by Crippen LogP contribution is 2.35. The van der Waals surface area contributed by atoms with Gasteiger partial charge >= 0.3 is 5.97 Å². The molecule has 1 aromatic carbocycles. The van der Waals surface area contributed by atoms with E-state index in [0.717, 1.165) is 31.7 Å². The van der Waals surface area contributed by atoms with Gasteiger partial charge in [-0.05, 0) is 32.6 Å². The Labute approximate surface area is 163 Å². The summed E-state index contributed by atoms with van der Waals surface area (Å²) in [7, 11) is 1.36. The molecule has 1 aromatic rings. The summed E-state index contributed by atoms with van der Waals surface area (Å²) in [6.45, 7) is 4.19. The summed E-state index contributed by atoms with van der Waals surface area (Å²) in [6.07, 6.45) is 3.75. The van der Waals surface area contributed by atoms with Crippen molar-refractivity contribution < 1.29 is 28.7 Å². The van der Waals surface area contributed by atoms with E-state index in [2.05, 4.69) is 0 Å². The number of rotatable bonds is 8. The molecule has 0 spiro atoms. The number of piperidine rings is 1. The number of nitro benzene ring substituents is 1. The summed E-state index contributed by atoms with van der Waals surface area (Å²) in [5, 5.41) is 11.4. The standard InChI is InChI=1S/C19H26N2O7/c1-4-13-8-6-7-9-20(13)18(22)12-28-19(23)14-10-16(26-3)17(27-5-2)11-15(14)21(24)25/h10-11,13H,4-9,12H2,1-3H3/t13-/m1/s1. The van der Waals surface area contributed by atoms with Gasteiger partial charge in [-0.2, -0.15) is 0 Å². The molecule has 0 saturated carbocycles. The fraction of sp³-hybridized carbons (Fsp3) is 0.579. The molecule has 9 heteroatoms. The summed E-state index contributed by atoms with van der Waals surface area (Å²) in [5.74, 6) is -0.914. The van der Waals surface area contributed by atoms with Crippen molar-refractivity contribution in [2.45, 2.75) is 45.6 Å². The summed E-state index contributed by atoms with van der Waals surface area (Å²) < 4.78 is 15.6. The summed E-state index contributed by atoms with van der Waals surface area (Å²) in [4.78, 5) is 37.3. The van der Waals surface area contributed by atoms with Crippen molar-refractivity contribution in [3.05, 3.63) is 27.8 Å². The predicted octanol–water partition coefficient (Wildman–Crippen LogP) is 2.95. The van der Waals surface area contributed by atoms with Crippen molar-refractivity contribution >= 4 is 17.6 Å². The maximum atomic E-state index is 12.5. The Hall–Kier alpha value is -2.84. The van der Waals surface area contributed by atoms with Gasteiger partial charge in [-0.1, -0.05) is 6.92 Å². The molecular formula is C19H26N2O7. The van der Waals surface area contributed by atoms with E-state index in [4.69, 9.17) is 14.2 Å². The third-order valence-electron chi connectivity index (χ3n) is 4.74. The zero-order valence-electron chi connectivity index (χ0n) is 16.4. The topological polar surface area (TPSA) is 108 Å². The predicted molar refractivity (Wildman–Crippen MR) is 101 cm³/mol. The van der Waals surface area contributed by atoms with Crippen LogP contribution in [-0.2, 0) is 9.53 Å². The lowest BCUT2D eigenvalue weighted by Gasteiger charge is -2.35. The molecular weight excluding hydrogens is 368 g/mol. The van der Waals surface area contributed by atoms with E-state index in [-0.39, 0.29) is 35.6 Å². The van der Waals surface area contributed by atoms with Crippen molar-refractivity contribution in [1.82, 2.24) is 4.90 Å². The number of likely N-dealkylation sites (tertiary alicyclic amines) is 1. The fourth-order valence-electron chi connectivity index (χ4n) is 3.33. The zero-order chi connectivity index (χ0) is 20.7. The summed E-state index contributed by atoms with van der Waals surface area (Å²) in [6, 6.07) is 2.46. The quantitative estimate of drug-likeness (QED) is 0.379. The minimum atomic E-state index is -0.952. The first-order valence-electron chi connectivity index (χ1n) is 9.38. The molecule has 0 aromatic heterocycles. The van der Waals surface area contributed by atoms with Crippen LogP contribution in [0.3, 0.4) is 0 Å². The van der Waals surface area contributed by atoms with Gasteiger partial charge in [0.1, 0.15) is 5.56 Å². The molecule has 1 amide bonds. The number of carbonyl (C=O) groups is 2. The number of nitrogens with zero attached hydrogens (tertiary/aromatic N) is 2. The first-order valence-corrected chi connectivity index (χ1v) is 9.38. The van der Waals surface area contributed by atoms with E-state index in [1.54, 1.807) is 11.8 Å². The van der Waals surface area contributed by atoms with Crippen molar-refractivity contribution in [1.29, 1.82) is 0 Å². The maximum Gasteiger partial charge on any atom is 0.345 e. The van der Waals surface area contributed by atoms with Crippen LogP contribution in [0.2, 0.25) is 0 Å². The molecule has 28 heavy (non-hydrogen) atoms. The van der Waals surface area contributed by atoms with Crippen LogP contribution in [0.4, 0.5) is 5.69 Å². The van der Waals surface area contributed by atoms with Gasteiger partial charge in [-0.15, -0.1) is 0 Å². The monoisotopic (exact) mass is 394 g/mol. The third kappa shape index (κ3) is 4.90. The number of nitro groups is 1. The van der Waals surface area contributed by atoms with Gasteiger partial charge < -0.3 is 19.1 Å². The van der Waals surface area contributed by atoms with Gasteiger partial charge in [0.15, 0.2) is 18.1 Å². The Balaban J connectivity index is 2.16. The Morgan fingerprint density at radius 2 is 2.00 bits per heavy atom. The Kier molecular flexibility index (Phi) is 7.60. The molecule has 1 heterocycles. The molecule has 0 aliphatic carbocycles. The van der Waals surface area contributed by atoms with E-state index in [1.807, 2.05) is 6.92 Å². The molecule has 2 rings (SSSR count). The molecule has 1 aliphatic rings. The second-order valence-corrected chi connectivity index (χ2v) is 6.43. The van der Waals surface area contributed by atoms with Gasteiger partial charge in [0.25, 0.3) is 11.6 Å². The number of hydrogen-bond donors (Lipinski definition) is 0. The number of hydrogen-bond acceptors (Lipinski definition) is 7. The SMILES string of the molecule is CCOc1cc([N+](=O)[O-])c(C(=O)OCC(=O)N2CCCC[C@H]2CC)cc1OC. The first-order chi connectivity index (χ1) is 13.4. The van der Waals surface area contributed by atoms with E-state index < -0.39 is 23.2 Å². The smallest absolute Gasteiger partial charge is 0.345 e. The van der Waals surface area contributed by atoms with Gasteiger partial charge in [0.2, 0.25) is 0 Å². The molecule has 154 valence electrons. The van der Waals surface area contributed by atoms with Gasteiger partial charge in [-0.25, -0.2) is 4.79 Å². The van der Waals surface area contributed by atoms with Gasteiger partial charge in [0, 0.05) is 18.7 Å². The van der Waals surface area contributed by atoms with Crippen molar-refractivity contribution in [3.8, 4) is 11.5 Å². The highest BCUT2D eigenvalue weighted by Gasteiger charge is 2.29. The van der Waals surface area contributed by atoms with Crippen molar-refractivity contribution in [2.24, 2.45) is 0 Å². The van der Waals surface area contributed by atoms with Crippen molar-refractivity contribution in [2.75, 3.05) is 26.9 Å². The van der Waals surface area contributed by atoms with Crippen LogP contribution in [0.15, 0.2) is 12.1 Å². The fourth-order valence-corrected chi connectivity index (χ4v) is 3.33. The Morgan fingerprint density at radius 1 is 1.25 bits per heavy atom. The summed E-state index contributed by atoms with van der Waals surface area (Å²) in [5.41, 5.74) is -0.755. The number of methoxy groups -OCH3 is 1. The van der Waals surface area contributed by atoms with Crippen LogP contribution in [0.25, 0.3) is 0 Å². The van der Waals surface area contributed by atoms with Crippen LogP contribution in [0.1, 0.15) is 49.9 Å². The number of benzene rings is 1. The summed E-state index contributed by atoms with van der Waals surface area (Å²) >= 11 is 0. The molecule has 1 aliphatic heterocycles. The van der Waals surface area contributed by atoms with E-state index in [1.165, 1.54) is 13.2 Å². The molecule has 9 nitrogen and oxygen atoms in total. The lowest BCUT2D eigenvalue weighted by molar-refractivity contribution is -0.385. The minimum absolute atomic E-state index is 0.139. The van der Waals surface area contributed by atoms with E-state index in [9.17, 15) is 19.7 Å². The highest BCUT2D eigenvalue weighted by atomic mass is 16.6. The number of carbonyl (C=O) groups excluding carboxylic acids is 2. The van der Waals surface area contributed by atoms with E-state index >= 15 is 0 Å². The number of esters is 1. The van der Waals surface area contributed by atoms with Crippen LogP contribution in [0, 0.1) is 10.1 Å². The van der Waals surface area contributed by atoms with Crippen molar-refractivity contribution in [3.63, 3.8) is 0 Å². The molecule has 0 N–H and O–H groups in total. The van der Waals surface area contributed by atoms with Crippen LogP contribution >= 0.6 is 0 Å². The highest BCUT2D eigenvalue weighted by molar-refractivity contribution is 5.96. The van der Waals surface area contributed by atoms with Gasteiger partial charge in [-0.3, -0.25) is 14.9 Å². The van der Waals surface area contributed by atoms with Crippen LogP contribution in [-0.4, -0.2) is 54.6 Å². The van der Waals surface area contributed by atoms with Gasteiger partial charge in [0.05, 0.1) is 24.7 Å².